The lowest BCUT2D eigenvalue weighted by atomic mass is 10.2. The molecule has 3 rings (SSSR count). The molecule has 0 unspecified atom stereocenters. The van der Waals surface area contributed by atoms with E-state index < -0.39 is 0 Å². The van der Waals surface area contributed by atoms with Gasteiger partial charge in [0.25, 0.3) is 0 Å². The van der Waals surface area contributed by atoms with Crippen molar-refractivity contribution in [2.24, 2.45) is 0 Å². The number of pyridine rings is 1. The first-order chi connectivity index (χ1) is 11.7. The van der Waals surface area contributed by atoms with Gasteiger partial charge in [-0.25, -0.2) is 4.98 Å². The second-order valence-electron chi connectivity index (χ2n) is 5.17. The van der Waals surface area contributed by atoms with Crippen LogP contribution in [0.3, 0.4) is 0 Å². The molecule has 24 heavy (non-hydrogen) atoms. The molecule has 0 aliphatic carbocycles. The van der Waals surface area contributed by atoms with Crippen molar-refractivity contribution in [2.45, 2.75) is 17.8 Å². The summed E-state index contributed by atoms with van der Waals surface area (Å²) in [6, 6.07) is 5.76. The highest BCUT2D eigenvalue weighted by molar-refractivity contribution is 7.98. The fourth-order valence-electron chi connectivity index (χ4n) is 2.47. The molecule has 0 aliphatic heterocycles. The van der Waals surface area contributed by atoms with Gasteiger partial charge in [-0.15, -0.1) is 0 Å². The van der Waals surface area contributed by atoms with E-state index in [4.69, 9.17) is 14.2 Å². The molecule has 6 nitrogen and oxygen atoms in total. The van der Waals surface area contributed by atoms with E-state index in [1.54, 1.807) is 39.3 Å². The molecular weight excluding hydrogens is 326 g/mol. The van der Waals surface area contributed by atoms with Crippen LogP contribution in [0.2, 0.25) is 0 Å². The lowest BCUT2D eigenvalue weighted by molar-refractivity contribution is 0.348. The summed E-state index contributed by atoms with van der Waals surface area (Å²) < 4.78 is 16.1. The molecule has 1 N–H and O–H groups in total. The number of benzene rings is 1. The van der Waals surface area contributed by atoms with E-state index in [0.717, 1.165) is 38.9 Å². The zero-order chi connectivity index (χ0) is 17.1. The number of imidazole rings is 1. The maximum absolute atomic E-state index is 5.48. The third-order valence-electron chi connectivity index (χ3n) is 3.66. The van der Waals surface area contributed by atoms with E-state index in [2.05, 4.69) is 15.0 Å². The summed E-state index contributed by atoms with van der Waals surface area (Å²) in [7, 11) is 4.91. The van der Waals surface area contributed by atoms with E-state index in [1.807, 2.05) is 25.1 Å². The lowest BCUT2D eigenvalue weighted by Crippen LogP contribution is -2.00. The van der Waals surface area contributed by atoms with Gasteiger partial charge in [0.2, 0.25) is 0 Å². The molecule has 7 heteroatoms. The molecule has 0 atom stereocenters. The van der Waals surface area contributed by atoms with E-state index in [1.165, 1.54) is 0 Å². The van der Waals surface area contributed by atoms with Gasteiger partial charge in [-0.05, 0) is 19.1 Å². The Bertz CT molecular complexity index is 864. The number of fused-ring (bicyclic) bond motifs is 1. The third-order valence-corrected chi connectivity index (χ3v) is 4.55. The minimum Gasteiger partial charge on any atom is -0.497 e. The molecule has 0 aliphatic rings. The molecule has 0 saturated carbocycles. The largest absolute Gasteiger partial charge is 0.497 e. The molecule has 2 heterocycles. The normalized spacial score (nSPS) is 10.8. The predicted molar refractivity (Wildman–Crippen MR) is 94.3 cm³/mol. The number of nitrogens with one attached hydrogen (secondary N) is 1. The number of hydrogen-bond donors (Lipinski definition) is 1. The molecule has 0 bridgehead atoms. The highest BCUT2D eigenvalue weighted by Gasteiger charge is 2.15. The van der Waals surface area contributed by atoms with Gasteiger partial charge >= 0.3 is 0 Å². The quantitative estimate of drug-likeness (QED) is 0.689. The smallest absolute Gasteiger partial charge is 0.183 e. The zero-order valence-corrected chi connectivity index (χ0v) is 14.9. The van der Waals surface area contributed by atoms with Gasteiger partial charge < -0.3 is 19.2 Å². The van der Waals surface area contributed by atoms with Gasteiger partial charge in [-0.2, -0.15) is 0 Å². The number of aryl methyl sites for hydroxylation is 1. The van der Waals surface area contributed by atoms with Crippen molar-refractivity contribution in [3.05, 3.63) is 35.7 Å². The summed E-state index contributed by atoms with van der Waals surface area (Å²) >= 11 is 1.56. The number of ether oxygens (including phenoxy) is 3. The summed E-state index contributed by atoms with van der Waals surface area (Å²) in [5, 5.41) is 0.821. The van der Waals surface area contributed by atoms with Crippen molar-refractivity contribution in [1.29, 1.82) is 0 Å². The molecule has 0 saturated heterocycles. The molecule has 0 radical (unpaired) electrons. The fraction of sp³-hybridized carbons (Fsp3) is 0.294. The summed E-state index contributed by atoms with van der Waals surface area (Å²) in [6.07, 6.45) is 1.79. The van der Waals surface area contributed by atoms with Crippen molar-refractivity contribution in [1.82, 2.24) is 15.0 Å². The lowest BCUT2D eigenvalue weighted by Gasteiger charge is -2.13. The number of methoxy groups -OCH3 is 3. The Morgan fingerprint density at radius 1 is 1.08 bits per heavy atom. The van der Waals surface area contributed by atoms with Crippen LogP contribution in [0.1, 0.15) is 11.3 Å². The van der Waals surface area contributed by atoms with Crippen LogP contribution >= 0.6 is 11.8 Å². The Kier molecular flexibility index (Phi) is 4.80. The van der Waals surface area contributed by atoms with Crippen LogP contribution in [0.4, 0.5) is 0 Å². The molecule has 1 aromatic carbocycles. The van der Waals surface area contributed by atoms with Crippen molar-refractivity contribution in [3.63, 3.8) is 0 Å². The Labute approximate surface area is 144 Å². The number of aromatic nitrogens is 3. The zero-order valence-electron chi connectivity index (χ0n) is 14.0. The number of H-pyrrole nitrogens is 1. The number of nitrogens with zero attached hydrogens (tertiary/aromatic N) is 2. The molecule has 0 amide bonds. The van der Waals surface area contributed by atoms with Gasteiger partial charge in [-0.1, -0.05) is 11.8 Å². The number of aromatic amines is 1. The van der Waals surface area contributed by atoms with Gasteiger partial charge in [0.05, 0.1) is 38.1 Å². The molecule has 2 aromatic heterocycles. The van der Waals surface area contributed by atoms with E-state index in [0.29, 0.717) is 11.5 Å². The van der Waals surface area contributed by atoms with Crippen LogP contribution in [0, 0.1) is 6.92 Å². The molecular formula is C17H19N3O3S. The summed E-state index contributed by atoms with van der Waals surface area (Å²) in [4.78, 5) is 12.3. The van der Waals surface area contributed by atoms with Crippen molar-refractivity contribution < 1.29 is 14.2 Å². The maximum Gasteiger partial charge on any atom is 0.183 e. The summed E-state index contributed by atoms with van der Waals surface area (Å²) in [5.74, 6) is 2.81. The van der Waals surface area contributed by atoms with Crippen molar-refractivity contribution >= 4 is 22.8 Å². The van der Waals surface area contributed by atoms with Gasteiger partial charge in [-0.3, -0.25) is 4.98 Å². The Morgan fingerprint density at radius 2 is 1.88 bits per heavy atom. The first-order valence-corrected chi connectivity index (χ1v) is 8.37. The second kappa shape index (κ2) is 7.00. The Hall–Kier alpha value is -2.41. The van der Waals surface area contributed by atoms with Gasteiger partial charge in [0.1, 0.15) is 5.75 Å². The number of thioether (sulfide) groups is 1. The summed E-state index contributed by atoms with van der Waals surface area (Å²) in [5.41, 5.74) is 3.61. The second-order valence-corrected chi connectivity index (χ2v) is 6.13. The van der Waals surface area contributed by atoms with E-state index >= 15 is 0 Å². The molecule has 0 spiro atoms. The standard InChI is InChI=1S/C17H19N3O3S/c1-10-8-18-14(16(23-4)15(10)22-3)9-24-17-19-12-6-5-11(21-2)7-13(12)20-17/h5-8H,9H2,1-4H3,(H,19,20). The monoisotopic (exact) mass is 345 g/mol. The topological polar surface area (TPSA) is 69.3 Å². The van der Waals surface area contributed by atoms with E-state index in [9.17, 15) is 0 Å². The average Bonchev–Trinajstić information content (AvgIpc) is 3.01. The predicted octanol–water partition coefficient (Wildman–Crippen LogP) is 3.58. The minimum absolute atomic E-state index is 0.622. The minimum atomic E-state index is 0.622. The fourth-order valence-corrected chi connectivity index (χ4v) is 3.29. The third kappa shape index (κ3) is 3.12. The molecule has 3 aromatic rings. The van der Waals surface area contributed by atoms with Crippen LogP contribution in [-0.4, -0.2) is 36.3 Å². The van der Waals surface area contributed by atoms with Crippen LogP contribution in [-0.2, 0) is 5.75 Å². The van der Waals surface area contributed by atoms with Crippen LogP contribution in [0.5, 0.6) is 17.2 Å². The van der Waals surface area contributed by atoms with Gasteiger partial charge in [0, 0.05) is 23.6 Å². The first-order valence-electron chi connectivity index (χ1n) is 7.39. The van der Waals surface area contributed by atoms with Crippen LogP contribution in [0.25, 0.3) is 11.0 Å². The maximum atomic E-state index is 5.48. The Morgan fingerprint density at radius 3 is 2.58 bits per heavy atom. The average molecular weight is 345 g/mol. The van der Waals surface area contributed by atoms with Crippen LogP contribution in [0.15, 0.2) is 29.6 Å². The molecule has 0 fully saturated rings. The van der Waals surface area contributed by atoms with Gasteiger partial charge in [0.15, 0.2) is 16.7 Å². The van der Waals surface area contributed by atoms with Crippen LogP contribution < -0.4 is 14.2 Å². The highest BCUT2D eigenvalue weighted by Crippen LogP contribution is 2.35. The van der Waals surface area contributed by atoms with E-state index in [-0.39, 0.29) is 0 Å². The molecule has 126 valence electrons. The van der Waals surface area contributed by atoms with Crippen molar-refractivity contribution in [2.75, 3.05) is 21.3 Å². The number of rotatable bonds is 6. The highest BCUT2D eigenvalue weighted by atomic mass is 32.2. The SMILES string of the molecule is COc1ccc2nc(SCc3ncc(C)c(OC)c3OC)[nH]c2c1. The summed E-state index contributed by atoms with van der Waals surface area (Å²) in [6.45, 7) is 1.94. The first kappa shape index (κ1) is 16.4. The van der Waals surface area contributed by atoms with Crippen molar-refractivity contribution in [3.8, 4) is 17.2 Å². The Balaban J connectivity index is 1.83. The number of hydrogen-bond acceptors (Lipinski definition) is 6.